The fraction of sp³-hybridized carbons (Fsp3) is 0.235. The van der Waals surface area contributed by atoms with Gasteiger partial charge in [0.25, 0.3) is 5.91 Å². The number of carbonyl (C=O) groups excluding carboxylic acids is 1. The van der Waals surface area contributed by atoms with E-state index in [2.05, 4.69) is 5.32 Å². The van der Waals surface area contributed by atoms with E-state index in [1.54, 1.807) is 0 Å². The zero-order valence-corrected chi connectivity index (χ0v) is 12.5. The lowest BCUT2D eigenvalue weighted by Gasteiger charge is -2.15. The van der Waals surface area contributed by atoms with Crippen molar-refractivity contribution in [3.8, 4) is 0 Å². The number of nitrogens with one attached hydrogen (secondary N) is 1. The molecule has 21 heavy (non-hydrogen) atoms. The maximum absolute atomic E-state index is 13.7. The molecule has 0 aliphatic heterocycles. The maximum atomic E-state index is 13.7. The molecule has 0 heterocycles. The van der Waals surface area contributed by atoms with Crippen molar-refractivity contribution in [1.82, 2.24) is 5.32 Å². The minimum absolute atomic E-state index is 0.0617. The van der Waals surface area contributed by atoms with Crippen LogP contribution in [0.4, 0.5) is 4.39 Å². The predicted octanol–water partition coefficient (Wildman–Crippen LogP) is 4.23. The van der Waals surface area contributed by atoms with Crippen molar-refractivity contribution in [3.63, 3.8) is 0 Å². The zero-order valence-electron chi connectivity index (χ0n) is 11.8. The summed E-state index contributed by atoms with van der Waals surface area (Å²) in [6, 6.07) is 14.2. The molecule has 0 aliphatic carbocycles. The fourth-order valence-electron chi connectivity index (χ4n) is 2.11. The van der Waals surface area contributed by atoms with Crippen molar-refractivity contribution in [2.75, 3.05) is 0 Å². The number of hydrogen-bond acceptors (Lipinski definition) is 1. The molecule has 0 bridgehead atoms. The fourth-order valence-corrected chi connectivity index (χ4v) is 2.36. The van der Waals surface area contributed by atoms with Crippen LogP contribution < -0.4 is 5.32 Å². The first-order valence-corrected chi connectivity index (χ1v) is 7.24. The molecule has 2 aromatic rings. The molecule has 2 aromatic carbocycles. The van der Waals surface area contributed by atoms with Gasteiger partial charge >= 0.3 is 0 Å². The average molecular weight is 306 g/mol. The van der Waals surface area contributed by atoms with E-state index in [9.17, 15) is 9.18 Å². The van der Waals surface area contributed by atoms with Crippen LogP contribution in [0.25, 0.3) is 0 Å². The van der Waals surface area contributed by atoms with Crippen molar-refractivity contribution >= 4 is 17.5 Å². The molecule has 0 aromatic heterocycles. The van der Waals surface area contributed by atoms with Gasteiger partial charge in [-0.1, -0.05) is 48.0 Å². The highest BCUT2D eigenvalue weighted by Gasteiger charge is 2.17. The summed E-state index contributed by atoms with van der Waals surface area (Å²) in [7, 11) is 0. The van der Waals surface area contributed by atoms with Crippen LogP contribution in [0.1, 0.15) is 29.3 Å². The molecule has 4 heteroatoms. The van der Waals surface area contributed by atoms with Crippen LogP contribution in [0.3, 0.4) is 0 Å². The summed E-state index contributed by atoms with van der Waals surface area (Å²) in [5.41, 5.74) is 1.12. The minimum Gasteiger partial charge on any atom is -0.349 e. The van der Waals surface area contributed by atoms with E-state index in [4.69, 9.17) is 11.6 Å². The first kappa shape index (κ1) is 15.5. The van der Waals surface area contributed by atoms with Gasteiger partial charge in [0.1, 0.15) is 5.82 Å². The van der Waals surface area contributed by atoms with Crippen molar-refractivity contribution in [3.05, 3.63) is 70.5 Å². The van der Waals surface area contributed by atoms with Gasteiger partial charge in [-0.15, -0.1) is 0 Å². The summed E-state index contributed by atoms with van der Waals surface area (Å²) in [6.07, 6.45) is 1.63. The Labute approximate surface area is 128 Å². The van der Waals surface area contributed by atoms with Gasteiger partial charge in [-0.05, 0) is 37.5 Å². The lowest BCUT2D eigenvalue weighted by atomic mass is 10.1. The van der Waals surface area contributed by atoms with E-state index in [1.165, 1.54) is 23.8 Å². The largest absolute Gasteiger partial charge is 0.349 e. The Bertz CT molecular complexity index is 595. The number of benzene rings is 2. The predicted molar refractivity (Wildman–Crippen MR) is 83.1 cm³/mol. The molecule has 0 fully saturated rings. The number of rotatable bonds is 5. The number of halogens is 2. The number of amides is 1. The number of aryl methyl sites for hydroxylation is 1. The van der Waals surface area contributed by atoms with Crippen molar-refractivity contribution in [2.45, 2.75) is 25.8 Å². The molecule has 0 spiro atoms. The Hall–Kier alpha value is -1.87. The Kier molecular flexibility index (Phi) is 5.34. The molecule has 0 aliphatic rings. The van der Waals surface area contributed by atoms with Gasteiger partial charge in [-0.3, -0.25) is 4.79 Å². The molecular weight excluding hydrogens is 289 g/mol. The minimum atomic E-state index is -0.602. The van der Waals surface area contributed by atoms with Gasteiger partial charge < -0.3 is 5.32 Å². The van der Waals surface area contributed by atoms with Gasteiger partial charge in [0.15, 0.2) is 0 Å². The second-order valence-corrected chi connectivity index (χ2v) is 5.40. The van der Waals surface area contributed by atoms with Gasteiger partial charge in [0, 0.05) is 6.04 Å². The molecule has 0 saturated carbocycles. The molecule has 0 saturated heterocycles. The topological polar surface area (TPSA) is 29.1 Å². The molecular formula is C17H17ClFNO. The Morgan fingerprint density at radius 3 is 2.57 bits per heavy atom. The lowest BCUT2D eigenvalue weighted by molar-refractivity contribution is 0.0934. The highest BCUT2D eigenvalue weighted by atomic mass is 35.5. The smallest absolute Gasteiger partial charge is 0.255 e. The second kappa shape index (κ2) is 7.23. The summed E-state index contributed by atoms with van der Waals surface area (Å²) < 4.78 is 13.7. The van der Waals surface area contributed by atoms with E-state index >= 15 is 0 Å². The molecule has 1 N–H and O–H groups in total. The third-order valence-electron chi connectivity index (χ3n) is 3.28. The Morgan fingerprint density at radius 1 is 1.19 bits per heavy atom. The van der Waals surface area contributed by atoms with Gasteiger partial charge in [-0.25, -0.2) is 4.39 Å². The Balaban J connectivity index is 1.93. The molecule has 1 unspecified atom stereocenters. The van der Waals surface area contributed by atoms with Crippen molar-refractivity contribution in [2.24, 2.45) is 0 Å². The number of carbonyl (C=O) groups is 1. The van der Waals surface area contributed by atoms with E-state index in [0.29, 0.717) is 0 Å². The summed E-state index contributed by atoms with van der Waals surface area (Å²) in [4.78, 5) is 12.1. The first-order chi connectivity index (χ1) is 10.1. The van der Waals surface area contributed by atoms with Gasteiger partial charge in [-0.2, -0.15) is 0 Å². The van der Waals surface area contributed by atoms with E-state index < -0.39 is 11.7 Å². The van der Waals surface area contributed by atoms with Crippen LogP contribution in [0, 0.1) is 5.82 Å². The molecule has 0 radical (unpaired) electrons. The molecule has 2 rings (SSSR count). The highest BCUT2D eigenvalue weighted by Crippen LogP contribution is 2.19. The summed E-state index contributed by atoms with van der Waals surface area (Å²) in [6.45, 7) is 1.90. The average Bonchev–Trinajstić information content (AvgIpc) is 2.46. The van der Waals surface area contributed by atoms with Crippen molar-refractivity contribution < 1.29 is 9.18 Å². The SMILES string of the molecule is CC(CCc1ccccc1)NC(=O)c1c(F)cccc1Cl. The van der Waals surface area contributed by atoms with E-state index in [-0.39, 0.29) is 16.6 Å². The van der Waals surface area contributed by atoms with Crippen LogP contribution in [0.15, 0.2) is 48.5 Å². The first-order valence-electron chi connectivity index (χ1n) is 6.86. The Morgan fingerprint density at radius 2 is 1.90 bits per heavy atom. The zero-order chi connectivity index (χ0) is 15.2. The summed E-state index contributed by atoms with van der Waals surface area (Å²) in [5, 5.41) is 2.91. The third kappa shape index (κ3) is 4.30. The maximum Gasteiger partial charge on any atom is 0.255 e. The third-order valence-corrected chi connectivity index (χ3v) is 3.59. The van der Waals surface area contributed by atoms with Crippen LogP contribution in [-0.4, -0.2) is 11.9 Å². The summed E-state index contributed by atoms with van der Waals surface area (Å²) in [5.74, 6) is -1.08. The number of hydrogen-bond donors (Lipinski definition) is 1. The lowest BCUT2D eigenvalue weighted by Crippen LogP contribution is -2.33. The standard InChI is InChI=1S/C17H17ClFNO/c1-12(10-11-13-6-3-2-4-7-13)20-17(21)16-14(18)8-5-9-15(16)19/h2-9,12H,10-11H2,1H3,(H,20,21). The van der Waals surface area contributed by atoms with Crippen LogP contribution >= 0.6 is 11.6 Å². The van der Waals surface area contributed by atoms with Crippen molar-refractivity contribution in [1.29, 1.82) is 0 Å². The van der Waals surface area contributed by atoms with Crippen LogP contribution in [0.2, 0.25) is 5.02 Å². The second-order valence-electron chi connectivity index (χ2n) is 5.00. The van der Waals surface area contributed by atoms with Crippen LogP contribution in [0.5, 0.6) is 0 Å². The highest BCUT2D eigenvalue weighted by molar-refractivity contribution is 6.33. The van der Waals surface area contributed by atoms with E-state index in [0.717, 1.165) is 12.8 Å². The molecule has 110 valence electrons. The van der Waals surface area contributed by atoms with Gasteiger partial charge in [0.05, 0.1) is 10.6 Å². The van der Waals surface area contributed by atoms with Crippen LogP contribution in [-0.2, 0) is 6.42 Å². The molecule has 1 atom stereocenters. The quantitative estimate of drug-likeness (QED) is 0.880. The molecule has 1 amide bonds. The monoisotopic (exact) mass is 305 g/mol. The van der Waals surface area contributed by atoms with E-state index in [1.807, 2.05) is 37.3 Å². The molecule has 2 nitrogen and oxygen atoms in total. The van der Waals surface area contributed by atoms with Gasteiger partial charge in [0.2, 0.25) is 0 Å². The normalized spacial score (nSPS) is 12.0. The summed E-state index contributed by atoms with van der Waals surface area (Å²) >= 11 is 5.88.